The summed E-state index contributed by atoms with van der Waals surface area (Å²) >= 11 is 0. The lowest BCUT2D eigenvalue weighted by Gasteiger charge is -2.66. The molecule has 3 fully saturated rings. The summed E-state index contributed by atoms with van der Waals surface area (Å²) in [6.07, 6.45) is 3.03. The van der Waals surface area contributed by atoms with Crippen LogP contribution in [0.4, 0.5) is 9.18 Å². The number of benzene rings is 2. The van der Waals surface area contributed by atoms with Gasteiger partial charge in [0.1, 0.15) is 5.82 Å². The van der Waals surface area contributed by atoms with Crippen molar-refractivity contribution < 1.29 is 9.18 Å². The first kappa shape index (κ1) is 16.8. The minimum atomic E-state index is -0.267. The molecule has 27 heavy (non-hydrogen) atoms. The van der Waals surface area contributed by atoms with Crippen LogP contribution in [0.5, 0.6) is 0 Å². The van der Waals surface area contributed by atoms with Crippen molar-refractivity contribution in [2.75, 3.05) is 13.1 Å². The van der Waals surface area contributed by atoms with Gasteiger partial charge in [-0.1, -0.05) is 36.4 Å². The Labute approximate surface area is 158 Å². The van der Waals surface area contributed by atoms with Gasteiger partial charge in [0, 0.05) is 18.6 Å². The molecule has 2 atom stereocenters. The number of fused-ring (bicyclic) bond motifs is 1. The van der Waals surface area contributed by atoms with Crippen molar-refractivity contribution in [3.05, 3.63) is 71.0 Å². The normalized spacial score (nSPS) is 30.7. The van der Waals surface area contributed by atoms with E-state index in [0.717, 1.165) is 30.4 Å². The second-order valence-corrected chi connectivity index (χ2v) is 8.29. The Kier molecular flexibility index (Phi) is 3.76. The molecule has 4 aliphatic rings. The number of nitrogens with one attached hydrogen (secondary N) is 1. The van der Waals surface area contributed by atoms with Crippen LogP contribution >= 0.6 is 0 Å². The summed E-state index contributed by atoms with van der Waals surface area (Å²) in [6.45, 7) is 1.29. The quantitative estimate of drug-likeness (QED) is 0.877. The third-order valence-corrected chi connectivity index (χ3v) is 6.80. The van der Waals surface area contributed by atoms with Crippen LogP contribution in [-0.2, 0) is 6.42 Å². The van der Waals surface area contributed by atoms with Crippen molar-refractivity contribution in [2.45, 2.75) is 30.8 Å². The zero-order valence-corrected chi connectivity index (χ0v) is 15.2. The summed E-state index contributed by atoms with van der Waals surface area (Å²) in [5.41, 5.74) is 9.55. The van der Waals surface area contributed by atoms with Gasteiger partial charge in [-0.15, -0.1) is 0 Å². The zero-order valence-electron chi connectivity index (χ0n) is 15.2. The number of amides is 2. The average Bonchev–Trinajstić information content (AvgIpc) is 2.66. The molecule has 2 amide bonds. The topological polar surface area (TPSA) is 58.4 Å². The van der Waals surface area contributed by atoms with E-state index in [4.69, 9.17) is 5.73 Å². The van der Waals surface area contributed by atoms with Crippen molar-refractivity contribution in [1.29, 1.82) is 0 Å². The molecular formula is C22H24FN3O. The molecule has 3 aliphatic carbocycles. The number of rotatable bonds is 3. The molecule has 0 radical (unpaired) electrons. The lowest BCUT2D eigenvalue weighted by atomic mass is 9.43. The van der Waals surface area contributed by atoms with Gasteiger partial charge < -0.3 is 16.0 Å². The van der Waals surface area contributed by atoms with Crippen LogP contribution in [0.1, 0.15) is 35.6 Å². The predicted octanol–water partition coefficient (Wildman–Crippen LogP) is 3.22. The fraction of sp³-hybridized carbons (Fsp3) is 0.409. The third-order valence-electron chi connectivity index (χ3n) is 6.80. The first-order valence-electron chi connectivity index (χ1n) is 9.72. The predicted molar refractivity (Wildman–Crippen MR) is 102 cm³/mol. The first-order valence-corrected chi connectivity index (χ1v) is 9.72. The molecular weight excluding hydrogens is 341 g/mol. The summed E-state index contributed by atoms with van der Waals surface area (Å²) in [7, 11) is 0. The maximum Gasteiger partial charge on any atom is 0.318 e. The molecule has 5 heteroatoms. The van der Waals surface area contributed by atoms with Crippen LogP contribution in [0.2, 0.25) is 0 Å². The highest BCUT2D eigenvalue weighted by Gasteiger charge is 2.62. The van der Waals surface area contributed by atoms with Gasteiger partial charge in [0.25, 0.3) is 0 Å². The fourth-order valence-electron chi connectivity index (χ4n) is 5.11. The van der Waals surface area contributed by atoms with E-state index in [1.807, 2.05) is 17.0 Å². The number of halogens is 1. The molecule has 3 saturated carbocycles. The second-order valence-electron chi connectivity index (χ2n) is 8.29. The standard InChI is InChI=1S/C22H24FN3O/c23-17-7-5-15(6-8-17)20-18-4-2-1-3-14(18)9-10-26(20)21(27)25-13-19-16-11-22(19,24)12-16/h1-8,16,19-20H,9-13,24H2,(H,25,27)/t16?,19?,20-,22?/m0/s1. The lowest BCUT2D eigenvalue weighted by molar-refractivity contribution is -0.106. The van der Waals surface area contributed by atoms with E-state index in [2.05, 4.69) is 17.4 Å². The lowest BCUT2D eigenvalue weighted by Crippen LogP contribution is -2.75. The van der Waals surface area contributed by atoms with Crippen LogP contribution in [0.3, 0.4) is 0 Å². The molecule has 2 bridgehead atoms. The Hall–Kier alpha value is -2.40. The van der Waals surface area contributed by atoms with E-state index < -0.39 is 0 Å². The largest absolute Gasteiger partial charge is 0.338 e. The van der Waals surface area contributed by atoms with Crippen LogP contribution < -0.4 is 11.1 Å². The summed E-state index contributed by atoms with van der Waals surface area (Å²) in [6, 6.07) is 14.4. The average molecular weight is 365 g/mol. The third kappa shape index (κ3) is 2.64. The number of urea groups is 1. The molecule has 140 valence electrons. The van der Waals surface area contributed by atoms with E-state index in [9.17, 15) is 9.18 Å². The Morgan fingerprint density at radius 3 is 2.59 bits per heavy atom. The monoisotopic (exact) mass is 365 g/mol. The van der Waals surface area contributed by atoms with Crippen LogP contribution in [-0.4, -0.2) is 29.6 Å². The number of carbonyl (C=O) groups excluding carboxylic acids is 1. The van der Waals surface area contributed by atoms with Gasteiger partial charge in [-0.05, 0) is 59.9 Å². The fourth-order valence-corrected chi connectivity index (χ4v) is 5.11. The highest BCUT2D eigenvalue weighted by molar-refractivity contribution is 5.76. The van der Waals surface area contributed by atoms with Crippen LogP contribution in [0.15, 0.2) is 48.5 Å². The van der Waals surface area contributed by atoms with E-state index in [1.54, 1.807) is 12.1 Å². The summed E-state index contributed by atoms with van der Waals surface area (Å²) in [5, 5.41) is 3.12. The SMILES string of the molecule is NC12CC(C1)C2CNC(=O)N1CCc2ccccc2[C@@H]1c1ccc(F)cc1. The van der Waals surface area contributed by atoms with Gasteiger partial charge in [-0.25, -0.2) is 9.18 Å². The molecule has 1 aliphatic heterocycles. The van der Waals surface area contributed by atoms with Crippen LogP contribution in [0, 0.1) is 17.7 Å². The molecule has 3 N–H and O–H groups in total. The van der Waals surface area contributed by atoms with Gasteiger partial charge in [0.2, 0.25) is 0 Å². The number of nitrogens with two attached hydrogens (primary N) is 1. The second kappa shape index (κ2) is 6.06. The minimum absolute atomic E-state index is 0.0389. The van der Waals surface area contributed by atoms with E-state index in [1.165, 1.54) is 17.7 Å². The maximum absolute atomic E-state index is 13.4. The van der Waals surface area contributed by atoms with Crippen LogP contribution in [0.25, 0.3) is 0 Å². The molecule has 0 aromatic heterocycles. The number of hydrogen-bond donors (Lipinski definition) is 2. The van der Waals surface area contributed by atoms with E-state index in [0.29, 0.717) is 24.9 Å². The van der Waals surface area contributed by atoms with Gasteiger partial charge >= 0.3 is 6.03 Å². The smallest absolute Gasteiger partial charge is 0.318 e. The molecule has 6 rings (SSSR count). The van der Waals surface area contributed by atoms with E-state index >= 15 is 0 Å². The zero-order chi connectivity index (χ0) is 18.6. The summed E-state index contributed by atoms with van der Waals surface area (Å²) in [5.74, 6) is 0.837. The number of nitrogens with zero attached hydrogens (tertiary/aromatic N) is 1. The molecule has 2 aromatic carbocycles. The molecule has 2 aromatic rings. The van der Waals surface area contributed by atoms with Crippen molar-refractivity contribution in [1.82, 2.24) is 10.2 Å². The summed E-state index contributed by atoms with van der Waals surface area (Å²) in [4.78, 5) is 14.9. The Bertz CT molecular complexity index is 875. The number of hydrogen-bond acceptors (Lipinski definition) is 2. The molecule has 1 heterocycles. The van der Waals surface area contributed by atoms with Gasteiger partial charge in [-0.2, -0.15) is 0 Å². The van der Waals surface area contributed by atoms with Gasteiger partial charge in [0.15, 0.2) is 0 Å². The van der Waals surface area contributed by atoms with Crippen molar-refractivity contribution >= 4 is 6.03 Å². The maximum atomic E-state index is 13.4. The molecule has 4 nitrogen and oxygen atoms in total. The molecule has 0 saturated heterocycles. The highest BCUT2D eigenvalue weighted by atomic mass is 19.1. The number of carbonyl (C=O) groups is 1. The Morgan fingerprint density at radius 2 is 1.93 bits per heavy atom. The summed E-state index contributed by atoms with van der Waals surface area (Å²) < 4.78 is 13.4. The minimum Gasteiger partial charge on any atom is -0.338 e. The first-order chi connectivity index (χ1) is 13.0. The van der Waals surface area contributed by atoms with E-state index in [-0.39, 0.29) is 23.4 Å². The van der Waals surface area contributed by atoms with Crippen molar-refractivity contribution in [3.8, 4) is 0 Å². The molecule has 1 unspecified atom stereocenters. The highest BCUT2D eigenvalue weighted by Crippen LogP contribution is 2.59. The molecule has 0 spiro atoms. The van der Waals surface area contributed by atoms with Crippen molar-refractivity contribution in [2.24, 2.45) is 17.6 Å². The van der Waals surface area contributed by atoms with Gasteiger partial charge in [0.05, 0.1) is 6.04 Å². The van der Waals surface area contributed by atoms with Gasteiger partial charge in [-0.3, -0.25) is 0 Å². The van der Waals surface area contributed by atoms with Crippen molar-refractivity contribution in [3.63, 3.8) is 0 Å². The Balaban J connectivity index is 1.40. The Morgan fingerprint density at radius 1 is 1.19 bits per heavy atom.